The van der Waals surface area contributed by atoms with Gasteiger partial charge in [0.25, 0.3) is 0 Å². The predicted octanol–water partition coefficient (Wildman–Crippen LogP) is 4.28. The van der Waals surface area contributed by atoms with Crippen LogP contribution >= 0.6 is 11.3 Å². The molecule has 2 fully saturated rings. The second-order valence-corrected chi connectivity index (χ2v) is 8.99. The first kappa shape index (κ1) is 19.5. The van der Waals surface area contributed by atoms with E-state index in [-0.39, 0.29) is 17.3 Å². The van der Waals surface area contributed by atoms with Crippen molar-refractivity contribution in [3.05, 3.63) is 51.5 Å². The van der Waals surface area contributed by atoms with Crippen molar-refractivity contribution < 1.29 is 13.6 Å². The number of nitrogens with zero attached hydrogens (tertiary/aromatic N) is 3. The molecular weight excluding hydrogens is 380 g/mol. The van der Waals surface area contributed by atoms with Crippen molar-refractivity contribution in [2.45, 2.75) is 57.7 Å². The van der Waals surface area contributed by atoms with Crippen LogP contribution in [0.3, 0.4) is 0 Å². The molecule has 1 spiro atoms. The van der Waals surface area contributed by atoms with E-state index in [0.29, 0.717) is 25.1 Å². The summed E-state index contributed by atoms with van der Waals surface area (Å²) in [4.78, 5) is 21.4. The molecular formula is C21H25F2N3OS. The molecule has 150 valence electrons. The number of likely N-dealkylation sites (tertiary alicyclic amines) is 2. The van der Waals surface area contributed by atoms with Gasteiger partial charge in [-0.3, -0.25) is 9.69 Å². The molecule has 0 aliphatic carbocycles. The van der Waals surface area contributed by atoms with Crippen LogP contribution in [0.2, 0.25) is 0 Å². The Balaban J connectivity index is 1.47. The molecule has 1 amide bonds. The number of carbonyl (C=O) groups is 1. The van der Waals surface area contributed by atoms with Crippen molar-refractivity contribution in [3.8, 4) is 0 Å². The minimum Gasteiger partial charge on any atom is -0.331 e. The Morgan fingerprint density at radius 1 is 1.18 bits per heavy atom. The van der Waals surface area contributed by atoms with Gasteiger partial charge in [-0.1, -0.05) is 0 Å². The molecule has 2 saturated heterocycles. The van der Waals surface area contributed by atoms with Gasteiger partial charge in [0.05, 0.1) is 17.2 Å². The quantitative estimate of drug-likeness (QED) is 0.762. The zero-order valence-corrected chi connectivity index (χ0v) is 16.9. The summed E-state index contributed by atoms with van der Waals surface area (Å²) >= 11 is 1.61. The van der Waals surface area contributed by atoms with Crippen molar-refractivity contribution in [1.82, 2.24) is 14.8 Å². The molecule has 1 aromatic carbocycles. The van der Waals surface area contributed by atoms with E-state index in [9.17, 15) is 13.6 Å². The van der Waals surface area contributed by atoms with Crippen LogP contribution in [0.15, 0.2) is 23.6 Å². The van der Waals surface area contributed by atoms with Crippen LogP contribution in [0.4, 0.5) is 8.78 Å². The van der Waals surface area contributed by atoms with E-state index >= 15 is 0 Å². The van der Waals surface area contributed by atoms with Crippen LogP contribution in [0.1, 0.15) is 48.4 Å². The van der Waals surface area contributed by atoms with Gasteiger partial charge in [-0.2, -0.15) is 0 Å². The summed E-state index contributed by atoms with van der Waals surface area (Å²) < 4.78 is 27.5. The molecule has 0 N–H and O–H groups in total. The molecule has 3 heterocycles. The number of carbonyl (C=O) groups excluding carboxylic acids is 1. The van der Waals surface area contributed by atoms with Gasteiger partial charge >= 0.3 is 0 Å². The number of halogens is 2. The molecule has 0 radical (unpaired) electrons. The third kappa shape index (κ3) is 3.96. The zero-order chi connectivity index (χ0) is 19.7. The Hall–Kier alpha value is -1.86. The zero-order valence-electron chi connectivity index (χ0n) is 16.1. The third-order valence-corrected chi connectivity index (χ3v) is 6.90. The Kier molecular flexibility index (Phi) is 5.47. The van der Waals surface area contributed by atoms with Gasteiger partial charge in [-0.15, -0.1) is 11.3 Å². The second-order valence-electron chi connectivity index (χ2n) is 7.93. The van der Waals surface area contributed by atoms with Gasteiger partial charge in [0, 0.05) is 36.0 Å². The van der Waals surface area contributed by atoms with Crippen molar-refractivity contribution >= 4 is 17.2 Å². The summed E-state index contributed by atoms with van der Waals surface area (Å²) in [5, 5.41) is 3.05. The molecule has 2 aliphatic heterocycles. The highest BCUT2D eigenvalue weighted by molar-refractivity contribution is 7.09. The van der Waals surface area contributed by atoms with E-state index < -0.39 is 5.82 Å². The van der Waals surface area contributed by atoms with Crippen molar-refractivity contribution in [3.63, 3.8) is 0 Å². The van der Waals surface area contributed by atoms with Gasteiger partial charge in [0.1, 0.15) is 11.6 Å². The van der Waals surface area contributed by atoms with E-state index in [0.717, 1.165) is 55.5 Å². The Morgan fingerprint density at radius 2 is 2.04 bits per heavy atom. The molecule has 2 aliphatic rings. The average molecular weight is 406 g/mol. The van der Waals surface area contributed by atoms with E-state index in [2.05, 4.69) is 9.88 Å². The van der Waals surface area contributed by atoms with Crippen LogP contribution in [-0.4, -0.2) is 39.3 Å². The highest BCUT2D eigenvalue weighted by atomic mass is 32.1. The monoisotopic (exact) mass is 405 g/mol. The highest BCUT2D eigenvalue weighted by Crippen LogP contribution is 2.40. The van der Waals surface area contributed by atoms with E-state index in [1.54, 1.807) is 11.3 Å². The topological polar surface area (TPSA) is 36.4 Å². The average Bonchev–Trinajstić information content (AvgIpc) is 3.13. The SMILES string of the molecule is Cc1nc(CN2C(=O)CCC23CCCN(Cc2cc(F)ccc2F)CC3)cs1. The van der Waals surface area contributed by atoms with Crippen LogP contribution in [0.25, 0.3) is 0 Å². The van der Waals surface area contributed by atoms with Crippen LogP contribution in [0, 0.1) is 18.6 Å². The number of hydrogen-bond donors (Lipinski definition) is 0. The minimum atomic E-state index is -0.409. The Bertz CT molecular complexity index is 871. The third-order valence-electron chi connectivity index (χ3n) is 6.08. The van der Waals surface area contributed by atoms with E-state index in [4.69, 9.17) is 0 Å². The Labute approximate surface area is 168 Å². The number of rotatable bonds is 4. The fraction of sp³-hybridized carbons (Fsp3) is 0.524. The summed E-state index contributed by atoms with van der Waals surface area (Å²) in [6, 6.07) is 3.63. The van der Waals surface area contributed by atoms with Gasteiger partial charge in [-0.05, 0) is 57.4 Å². The van der Waals surface area contributed by atoms with Crippen LogP contribution in [0.5, 0.6) is 0 Å². The fourth-order valence-corrected chi connectivity index (χ4v) is 5.19. The molecule has 1 atom stereocenters. The fourth-order valence-electron chi connectivity index (χ4n) is 4.59. The molecule has 28 heavy (non-hydrogen) atoms. The summed E-state index contributed by atoms with van der Waals surface area (Å²) in [7, 11) is 0. The second kappa shape index (κ2) is 7.87. The molecule has 1 unspecified atom stereocenters. The lowest BCUT2D eigenvalue weighted by Gasteiger charge is -2.38. The van der Waals surface area contributed by atoms with Gasteiger partial charge in [-0.25, -0.2) is 13.8 Å². The number of amides is 1. The number of hydrogen-bond acceptors (Lipinski definition) is 4. The maximum Gasteiger partial charge on any atom is 0.223 e. The van der Waals surface area contributed by atoms with Gasteiger partial charge < -0.3 is 4.90 Å². The predicted molar refractivity (Wildman–Crippen MR) is 105 cm³/mol. The lowest BCUT2D eigenvalue weighted by molar-refractivity contribution is -0.132. The smallest absolute Gasteiger partial charge is 0.223 e. The van der Waals surface area contributed by atoms with E-state index in [1.165, 1.54) is 12.1 Å². The lowest BCUT2D eigenvalue weighted by atomic mass is 9.87. The van der Waals surface area contributed by atoms with Crippen LogP contribution < -0.4 is 0 Å². The van der Waals surface area contributed by atoms with Crippen LogP contribution in [-0.2, 0) is 17.9 Å². The normalized spacial score (nSPS) is 23.5. The number of thiazole rings is 1. The molecule has 2 aromatic rings. The maximum absolute atomic E-state index is 14.0. The van der Waals surface area contributed by atoms with Gasteiger partial charge in [0.2, 0.25) is 5.91 Å². The molecule has 0 saturated carbocycles. The standard InChI is InChI=1S/C21H25F2N3OS/c1-15-24-18(14-28-15)13-26-20(27)5-7-21(26)6-2-9-25(10-8-21)12-16-11-17(22)3-4-19(16)23/h3-4,11,14H,2,5-10,12-13H2,1H3. The number of aromatic nitrogens is 1. The van der Waals surface area contributed by atoms with Gasteiger partial charge in [0.15, 0.2) is 0 Å². The summed E-state index contributed by atoms with van der Waals surface area (Å²) in [5.74, 6) is -0.568. The number of benzene rings is 1. The first-order valence-electron chi connectivity index (χ1n) is 9.83. The van der Waals surface area contributed by atoms with Crippen molar-refractivity contribution in [1.29, 1.82) is 0 Å². The van der Waals surface area contributed by atoms with Crippen molar-refractivity contribution in [2.24, 2.45) is 0 Å². The van der Waals surface area contributed by atoms with E-state index in [1.807, 2.05) is 17.2 Å². The summed E-state index contributed by atoms with van der Waals surface area (Å²) in [6.07, 6.45) is 4.21. The first-order valence-corrected chi connectivity index (χ1v) is 10.7. The first-order chi connectivity index (χ1) is 13.4. The molecule has 4 rings (SSSR count). The Morgan fingerprint density at radius 3 is 2.82 bits per heavy atom. The molecule has 7 heteroatoms. The number of aryl methyl sites for hydroxylation is 1. The maximum atomic E-state index is 14.0. The molecule has 4 nitrogen and oxygen atoms in total. The summed E-state index contributed by atoms with van der Waals surface area (Å²) in [6.45, 7) is 4.55. The minimum absolute atomic E-state index is 0.135. The largest absolute Gasteiger partial charge is 0.331 e. The summed E-state index contributed by atoms with van der Waals surface area (Å²) in [5.41, 5.74) is 1.22. The lowest BCUT2D eigenvalue weighted by Crippen LogP contribution is -2.46. The van der Waals surface area contributed by atoms with Crippen molar-refractivity contribution in [2.75, 3.05) is 13.1 Å². The molecule has 1 aromatic heterocycles. The highest BCUT2D eigenvalue weighted by Gasteiger charge is 2.45. The molecule has 0 bridgehead atoms.